The lowest BCUT2D eigenvalue weighted by Crippen LogP contribution is -2.49. The molecule has 2 N–H and O–H groups in total. The van der Waals surface area contributed by atoms with Gasteiger partial charge in [0.15, 0.2) is 5.65 Å². The number of phenolic OH excluding ortho intramolecular Hbond substituents is 1. The molecule has 1 saturated heterocycles. The average Bonchev–Trinajstić information content (AvgIpc) is 3.51. The Bertz CT molecular complexity index is 1740. The van der Waals surface area contributed by atoms with Crippen LogP contribution in [0.1, 0.15) is 6.92 Å². The van der Waals surface area contributed by atoms with Crippen LogP contribution in [-0.2, 0) is 7.05 Å². The molecular weight excluding hydrogens is 507 g/mol. The summed E-state index contributed by atoms with van der Waals surface area (Å²) in [6.07, 6.45) is 8.68. The van der Waals surface area contributed by atoms with Crippen molar-refractivity contribution in [2.75, 3.05) is 24.5 Å². The number of hydrogen-bond acceptors (Lipinski definition) is 5. The van der Waals surface area contributed by atoms with Crippen molar-refractivity contribution in [1.29, 1.82) is 0 Å². The van der Waals surface area contributed by atoms with E-state index in [0.717, 1.165) is 31.0 Å². The number of rotatable bonds is 4. The number of phenols is 1. The molecule has 0 spiro atoms. The van der Waals surface area contributed by atoms with Gasteiger partial charge in [0.2, 0.25) is 0 Å². The topological polar surface area (TPSA) is 79.7 Å². The SMILES string of the molecule is C[C@@H]1CN(c2cc(-c3cc(F)cc(-c4ccc(-n5ccn(C)c5=O)c(Cl)c4)c3O)cn3ccnc23)CCN1. The molecule has 3 aromatic heterocycles. The molecule has 10 heteroatoms. The highest BCUT2D eigenvalue weighted by atomic mass is 35.5. The number of nitrogens with zero attached hydrogens (tertiary/aromatic N) is 5. The summed E-state index contributed by atoms with van der Waals surface area (Å²) in [6.45, 7) is 4.60. The van der Waals surface area contributed by atoms with E-state index >= 15 is 4.39 Å². The van der Waals surface area contributed by atoms with Gasteiger partial charge in [0.1, 0.15) is 11.6 Å². The first-order valence-electron chi connectivity index (χ1n) is 12.3. The summed E-state index contributed by atoms with van der Waals surface area (Å²) in [6, 6.07) is 9.91. The number of aryl methyl sites for hydroxylation is 1. The lowest BCUT2D eigenvalue weighted by molar-refractivity contribution is 0.477. The standard InChI is InChI=1S/C28H26ClFN6O2/c1-17-15-34(7-5-31-17)25-12-19(16-35-8-6-32-27(25)35)22-14-20(30)13-21(26(22)37)18-3-4-24(23(29)11-18)36-10-9-33(2)28(36)38/h3-4,6,8-14,16-17,31,37H,5,7,15H2,1-2H3/t17-/m1/s1. The zero-order valence-electron chi connectivity index (χ0n) is 20.9. The Morgan fingerprint density at radius 2 is 1.87 bits per heavy atom. The van der Waals surface area contributed by atoms with E-state index in [1.807, 2.05) is 22.9 Å². The number of aromatic hydroxyl groups is 1. The van der Waals surface area contributed by atoms with Crippen molar-refractivity contribution in [2.45, 2.75) is 13.0 Å². The van der Waals surface area contributed by atoms with Crippen molar-refractivity contribution in [2.24, 2.45) is 7.05 Å². The summed E-state index contributed by atoms with van der Waals surface area (Å²) < 4.78 is 19.8. The highest BCUT2D eigenvalue weighted by Crippen LogP contribution is 2.41. The molecular formula is C28H26ClFN6O2. The molecule has 8 nitrogen and oxygen atoms in total. The maximum atomic E-state index is 15.0. The van der Waals surface area contributed by atoms with Crippen LogP contribution in [0.3, 0.4) is 0 Å². The van der Waals surface area contributed by atoms with E-state index in [0.29, 0.717) is 39.0 Å². The van der Waals surface area contributed by atoms with Crippen molar-refractivity contribution < 1.29 is 9.50 Å². The summed E-state index contributed by atoms with van der Waals surface area (Å²) in [7, 11) is 1.66. The molecule has 1 fully saturated rings. The fourth-order valence-electron chi connectivity index (χ4n) is 5.10. The minimum absolute atomic E-state index is 0.0637. The van der Waals surface area contributed by atoms with Crippen molar-refractivity contribution in [3.05, 3.63) is 88.7 Å². The number of piperazine rings is 1. The lowest BCUT2D eigenvalue weighted by atomic mass is 9.97. The van der Waals surface area contributed by atoms with Crippen LogP contribution in [0.5, 0.6) is 5.75 Å². The maximum Gasteiger partial charge on any atom is 0.332 e. The Labute approximate surface area is 223 Å². The highest BCUT2D eigenvalue weighted by Gasteiger charge is 2.22. The van der Waals surface area contributed by atoms with Crippen LogP contribution in [0.2, 0.25) is 5.02 Å². The molecule has 0 aliphatic carbocycles. The highest BCUT2D eigenvalue weighted by molar-refractivity contribution is 6.32. The summed E-state index contributed by atoms with van der Waals surface area (Å²) >= 11 is 6.55. The fourth-order valence-corrected chi connectivity index (χ4v) is 5.37. The summed E-state index contributed by atoms with van der Waals surface area (Å²) in [5, 5.41) is 15.1. The fraction of sp³-hybridized carbons (Fsp3) is 0.214. The van der Waals surface area contributed by atoms with Gasteiger partial charge in [-0.1, -0.05) is 17.7 Å². The molecule has 0 unspecified atom stereocenters. The number of pyridine rings is 1. The first-order valence-corrected chi connectivity index (χ1v) is 12.7. The van der Waals surface area contributed by atoms with Crippen LogP contribution < -0.4 is 15.9 Å². The predicted octanol–water partition coefficient (Wildman–Crippen LogP) is 4.45. The molecule has 0 radical (unpaired) electrons. The van der Waals surface area contributed by atoms with Gasteiger partial charge >= 0.3 is 5.69 Å². The third-order valence-electron chi connectivity index (χ3n) is 7.03. The van der Waals surface area contributed by atoms with Gasteiger partial charge in [-0.3, -0.25) is 4.57 Å². The molecule has 194 valence electrons. The number of anilines is 1. The van der Waals surface area contributed by atoms with Crippen LogP contribution in [0.4, 0.5) is 10.1 Å². The van der Waals surface area contributed by atoms with E-state index in [4.69, 9.17) is 11.6 Å². The first-order chi connectivity index (χ1) is 18.3. The molecule has 2 aromatic carbocycles. The van der Waals surface area contributed by atoms with Gasteiger partial charge in [-0.25, -0.2) is 14.2 Å². The van der Waals surface area contributed by atoms with Crippen LogP contribution in [0.25, 0.3) is 33.6 Å². The summed E-state index contributed by atoms with van der Waals surface area (Å²) in [5.74, 6) is -0.554. The van der Waals surface area contributed by atoms with E-state index in [9.17, 15) is 9.90 Å². The quantitative estimate of drug-likeness (QED) is 0.357. The summed E-state index contributed by atoms with van der Waals surface area (Å²) in [4.78, 5) is 19.2. The monoisotopic (exact) mass is 532 g/mol. The minimum atomic E-state index is -0.490. The molecule has 6 rings (SSSR count). The molecule has 0 saturated carbocycles. The first kappa shape index (κ1) is 24.3. The Hall–Kier alpha value is -4.08. The van der Waals surface area contributed by atoms with Crippen LogP contribution in [-0.4, -0.2) is 49.3 Å². The van der Waals surface area contributed by atoms with E-state index in [1.54, 1.807) is 43.8 Å². The van der Waals surface area contributed by atoms with Gasteiger partial charge in [-0.2, -0.15) is 0 Å². The van der Waals surface area contributed by atoms with E-state index in [2.05, 4.69) is 22.1 Å². The third-order valence-corrected chi connectivity index (χ3v) is 7.33. The average molecular weight is 533 g/mol. The van der Waals surface area contributed by atoms with Crippen molar-refractivity contribution >= 4 is 22.9 Å². The molecule has 1 aliphatic heterocycles. The molecule has 5 aromatic rings. The van der Waals surface area contributed by atoms with Crippen LogP contribution in [0.15, 0.2) is 72.2 Å². The molecule has 4 heterocycles. The summed E-state index contributed by atoms with van der Waals surface area (Å²) in [5.41, 5.74) is 3.84. The zero-order valence-corrected chi connectivity index (χ0v) is 21.7. The second-order valence-corrected chi connectivity index (χ2v) is 10.1. The smallest absolute Gasteiger partial charge is 0.332 e. The number of halogens is 2. The van der Waals surface area contributed by atoms with Gasteiger partial charge < -0.3 is 24.3 Å². The van der Waals surface area contributed by atoms with Crippen molar-refractivity contribution in [3.8, 4) is 33.7 Å². The molecule has 1 atom stereocenters. The molecule has 1 aliphatic rings. The predicted molar refractivity (Wildman–Crippen MR) is 147 cm³/mol. The minimum Gasteiger partial charge on any atom is -0.507 e. The van der Waals surface area contributed by atoms with E-state index in [-0.39, 0.29) is 11.4 Å². The van der Waals surface area contributed by atoms with Crippen molar-refractivity contribution in [3.63, 3.8) is 0 Å². The number of aromatic nitrogens is 4. The van der Waals surface area contributed by atoms with Crippen molar-refractivity contribution in [1.82, 2.24) is 23.8 Å². The van der Waals surface area contributed by atoms with Crippen LogP contribution in [0, 0.1) is 5.82 Å². The third kappa shape index (κ3) is 4.13. The van der Waals surface area contributed by atoms with Gasteiger partial charge in [0.25, 0.3) is 0 Å². The molecule has 38 heavy (non-hydrogen) atoms. The number of nitrogens with one attached hydrogen (secondary N) is 1. The van der Waals surface area contributed by atoms with Gasteiger partial charge in [0.05, 0.1) is 16.4 Å². The Balaban J connectivity index is 1.46. The second-order valence-electron chi connectivity index (χ2n) is 9.65. The van der Waals surface area contributed by atoms with E-state index in [1.165, 1.54) is 21.3 Å². The van der Waals surface area contributed by atoms with E-state index < -0.39 is 5.82 Å². The Morgan fingerprint density at radius 3 is 2.58 bits per heavy atom. The van der Waals surface area contributed by atoms with Gasteiger partial charge in [-0.05, 0) is 42.8 Å². The number of imidazole rings is 2. The second kappa shape index (κ2) is 9.34. The van der Waals surface area contributed by atoms with Gasteiger partial charge in [-0.15, -0.1) is 0 Å². The Kier molecular flexibility index (Phi) is 5.97. The van der Waals surface area contributed by atoms with Crippen LogP contribution >= 0.6 is 11.6 Å². The molecule has 0 bridgehead atoms. The Morgan fingerprint density at radius 1 is 1.08 bits per heavy atom. The largest absolute Gasteiger partial charge is 0.507 e. The number of hydrogen-bond donors (Lipinski definition) is 2. The maximum absolute atomic E-state index is 15.0. The van der Waals surface area contributed by atoms with Gasteiger partial charge in [0, 0.05) is 80.4 Å². The number of fused-ring (bicyclic) bond motifs is 1. The lowest BCUT2D eigenvalue weighted by Gasteiger charge is -2.34. The zero-order chi connectivity index (χ0) is 26.6. The normalized spacial score (nSPS) is 15.9. The number of benzene rings is 2. The molecule has 0 amide bonds.